The Balaban J connectivity index is 2.14. The Hall–Kier alpha value is -3.09. The number of halogens is 9. The lowest BCUT2D eigenvalue weighted by Gasteiger charge is -2.25. The molecule has 202 valence electrons. The molecule has 0 heterocycles. The lowest BCUT2D eigenvalue weighted by atomic mass is 9.80. The van der Waals surface area contributed by atoms with Crippen molar-refractivity contribution >= 4 is 46.4 Å². The van der Waals surface area contributed by atoms with Crippen LogP contribution in [-0.4, -0.2) is 0 Å². The van der Waals surface area contributed by atoms with Gasteiger partial charge >= 0.3 is 0 Å². The highest BCUT2D eigenvalue weighted by atomic mass is 35.5. The second-order valence-electron chi connectivity index (χ2n) is 8.84. The van der Waals surface area contributed by atoms with Gasteiger partial charge in [-0.2, -0.15) is 0 Å². The van der Waals surface area contributed by atoms with Gasteiger partial charge in [-0.1, -0.05) is 82.8 Å². The summed E-state index contributed by atoms with van der Waals surface area (Å²) in [5.41, 5.74) is -2.10. The van der Waals surface area contributed by atoms with E-state index in [1.807, 2.05) is 0 Å². The average molecular weight is 624 g/mol. The van der Waals surface area contributed by atoms with Crippen LogP contribution in [0.5, 0.6) is 0 Å². The fraction of sp³-hybridized carbons (Fsp3) is 0.0323. The van der Waals surface area contributed by atoms with Gasteiger partial charge in [-0.05, 0) is 54.4 Å². The summed E-state index contributed by atoms with van der Waals surface area (Å²) in [5, 5.41) is 0.183. The van der Waals surface area contributed by atoms with Crippen molar-refractivity contribution in [2.45, 2.75) is 6.92 Å². The van der Waals surface area contributed by atoms with Gasteiger partial charge in [0.2, 0.25) is 0 Å². The van der Waals surface area contributed by atoms with E-state index < -0.39 is 45.8 Å². The molecular formula is C31H15Cl4F5. The van der Waals surface area contributed by atoms with E-state index in [-0.39, 0.29) is 53.5 Å². The van der Waals surface area contributed by atoms with E-state index in [1.54, 1.807) is 12.1 Å². The van der Waals surface area contributed by atoms with Crippen molar-refractivity contribution in [1.29, 1.82) is 0 Å². The first-order valence-corrected chi connectivity index (χ1v) is 13.2. The molecule has 5 rings (SSSR count). The topological polar surface area (TPSA) is 0 Å². The number of rotatable bonds is 4. The molecule has 0 nitrogen and oxygen atoms in total. The zero-order chi connectivity index (χ0) is 28.9. The van der Waals surface area contributed by atoms with Gasteiger partial charge in [0, 0.05) is 33.4 Å². The van der Waals surface area contributed by atoms with Gasteiger partial charge < -0.3 is 0 Å². The lowest BCUT2D eigenvalue weighted by Crippen LogP contribution is -2.06. The van der Waals surface area contributed by atoms with E-state index in [9.17, 15) is 4.39 Å². The summed E-state index contributed by atoms with van der Waals surface area (Å²) in [6.07, 6.45) is 0. The summed E-state index contributed by atoms with van der Waals surface area (Å²) < 4.78 is 77.8. The molecule has 0 saturated carbocycles. The maximum Gasteiger partial charge on any atom is 0.166 e. The zero-order valence-corrected chi connectivity index (χ0v) is 23.4. The van der Waals surface area contributed by atoms with Crippen LogP contribution in [-0.2, 0) is 0 Å². The van der Waals surface area contributed by atoms with Crippen LogP contribution < -0.4 is 0 Å². The van der Waals surface area contributed by atoms with Crippen LogP contribution >= 0.6 is 46.4 Å². The summed E-state index contributed by atoms with van der Waals surface area (Å²) in [5.74, 6) is -6.04. The van der Waals surface area contributed by atoms with Gasteiger partial charge in [0.05, 0.1) is 25.7 Å². The quantitative estimate of drug-likeness (QED) is 0.175. The molecule has 0 radical (unpaired) electrons. The Morgan fingerprint density at radius 3 is 1.57 bits per heavy atom. The van der Waals surface area contributed by atoms with Crippen LogP contribution in [0.3, 0.4) is 0 Å². The molecule has 0 aliphatic carbocycles. The zero-order valence-electron chi connectivity index (χ0n) is 20.3. The highest BCUT2D eigenvalue weighted by Gasteiger charge is 2.32. The smallest absolute Gasteiger partial charge is 0.166 e. The van der Waals surface area contributed by atoms with Crippen molar-refractivity contribution < 1.29 is 22.0 Å². The van der Waals surface area contributed by atoms with Gasteiger partial charge in [-0.15, -0.1) is 0 Å². The molecule has 0 fully saturated rings. The molecule has 0 amide bonds. The predicted octanol–water partition coefficient (Wildman–Crippen LogP) is 12.0. The van der Waals surface area contributed by atoms with Crippen LogP contribution in [0.1, 0.15) is 5.56 Å². The summed E-state index contributed by atoms with van der Waals surface area (Å²) in [4.78, 5) is 0. The molecule has 0 atom stereocenters. The van der Waals surface area contributed by atoms with E-state index in [0.717, 1.165) is 24.3 Å². The third kappa shape index (κ3) is 4.65. The minimum absolute atomic E-state index is 0.00639. The maximum atomic E-state index is 17.0. The lowest BCUT2D eigenvalue weighted by molar-refractivity contribution is 0.511. The van der Waals surface area contributed by atoms with Gasteiger partial charge in [0.1, 0.15) is 17.5 Å². The molecule has 0 bridgehead atoms. The highest BCUT2D eigenvalue weighted by Crippen LogP contribution is 2.53. The van der Waals surface area contributed by atoms with Crippen molar-refractivity contribution in [2.75, 3.05) is 0 Å². The third-order valence-corrected chi connectivity index (χ3v) is 8.01. The van der Waals surface area contributed by atoms with Gasteiger partial charge in [0.15, 0.2) is 11.6 Å². The van der Waals surface area contributed by atoms with E-state index in [4.69, 9.17) is 46.4 Å². The molecule has 0 aromatic heterocycles. The van der Waals surface area contributed by atoms with Crippen LogP contribution in [0.15, 0.2) is 72.8 Å². The SMILES string of the molecule is Cc1c(-c2c(Cl)cccc2Cl)c(F)c(-c2c(F)cccc2F)c(-c2cccc(F)c2F)c1-c1cccc(Cl)c1Cl. The van der Waals surface area contributed by atoms with Crippen LogP contribution in [0.4, 0.5) is 22.0 Å². The molecule has 0 saturated heterocycles. The monoisotopic (exact) mass is 622 g/mol. The predicted molar refractivity (Wildman–Crippen MR) is 153 cm³/mol. The van der Waals surface area contributed by atoms with Crippen molar-refractivity contribution in [2.24, 2.45) is 0 Å². The molecular weight excluding hydrogens is 609 g/mol. The Bertz CT molecular complexity index is 1780. The Labute approximate surface area is 246 Å². The normalized spacial score (nSPS) is 11.2. The molecule has 9 heteroatoms. The summed E-state index contributed by atoms with van der Waals surface area (Å²) in [6.45, 7) is 1.49. The fourth-order valence-corrected chi connectivity index (χ4v) is 5.82. The average Bonchev–Trinajstić information content (AvgIpc) is 2.90. The summed E-state index contributed by atoms with van der Waals surface area (Å²) in [7, 11) is 0. The van der Waals surface area contributed by atoms with Crippen molar-refractivity contribution in [3.8, 4) is 44.5 Å². The van der Waals surface area contributed by atoms with Gasteiger partial charge in [0.25, 0.3) is 0 Å². The number of benzene rings is 5. The first kappa shape index (κ1) is 28.4. The van der Waals surface area contributed by atoms with Crippen LogP contribution in [0.2, 0.25) is 20.1 Å². The highest BCUT2D eigenvalue weighted by molar-refractivity contribution is 6.44. The Morgan fingerprint density at radius 2 is 0.925 bits per heavy atom. The molecule has 0 spiro atoms. The van der Waals surface area contributed by atoms with Gasteiger partial charge in [-0.25, -0.2) is 22.0 Å². The van der Waals surface area contributed by atoms with Crippen molar-refractivity contribution in [3.05, 3.63) is 128 Å². The van der Waals surface area contributed by atoms with Crippen molar-refractivity contribution in [3.63, 3.8) is 0 Å². The number of hydrogen-bond acceptors (Lipinski definition) is 0. The molecule has 40 heavy (non-hydrogen) atoms. The molecule has 0 aliphatic heterocycles. The van der Waals surface area contributed by atoms with Crippen LogP contribution in [0.25, 0.3) is 44.5 Å². The molecule has 5 aromatic carbocycles. The third-order valence-electron chi connectivity index (χ3n) is 6.56. The van der Waals surface area contributed by atoms with Crippen molar-refractivity contribution in [1.82, 2.24) is 0 Å². The van der Waals surface area contributed by atoms with E-state index >= 15 is 17.6 Å². The minimum atomic E-state index is -1.36. The first-order chi connectivity index (χ1) is 19.0. The molecule has 5 aromatic rings. The summed E-state index contributed by atoms with van der Waals surface area (Å²) in [6, 6.07) is 15.3. The Morgan fingerprint density at radius 1 is 0.425 bits per heavy atom. The first-order valence-electron chi connectivity index (χ1n) is 11.7. The second kappa shape index (κ2) is 11.1. The van der Waals surface area contributed by atoms with E-state index in [2.05, 4.69) is 0 Å². The largest absolute Gasteiger partial charge is 0.206 e. The fourth-order valence-electron chi connectivity index (χ4n) is 4.84. The van der Waals surface area contributed by atoms with Gasteiger partial charge in [-0.3, -0.25) is 0 Å². The minimum Gasteiger partial charge on any atom is -0.206 e. The standard InChI is InChI=1S/C31H15Cl4F5/c1-14-23(15-6-2-10-19(34)29(15)35)25(16-7-3-13-22(38)30(16)39)28(27-20(36)11-5-12-21(27)37)31(40)24(14)26-17(32)8-4-9-18(26)33/h2-13H,1H3. The molecule has 0 N–H and O–H groups in total. The van der Waals surface area contributed by atoms with Crippen LogP contribution in [0, 0.1) is 36.0 Å². The second-order valence-corrected chi connectivity index (χ2v) is 10.4. The Kier molecular flexibility index (Phi) is 7.86. The van der Waals surface area contributed by atoms with E-state index in [1.165, 1.54) is 43.3 Å². The summed E-state index contributed by atoms with van der Waals surface area (Å²) >= 11 is 25.9. The number of hydrogen-bond donors (Lipinski definition) is 0. The van der Waals surface area contributed by atoms with E-state index in [0.29, 0.717) is 0 Å². The molecule has 0 unspecified atom stereocenters. The molecule has 0 aliphatic rings. The maximum absolute atomic E-state index is 17.0.